The van der Waals surface area contributed by atoms with Crippen LogP contribution in [0.4, 0.5) is 0 Å². The maximum absolute atomic E-state index is 3.07. The largest absolute Gasteiger partial charge is 0.0545 e. The highest BCUT2D eigenvalue weighted by Gasteiger charge is 1.96. The third-order valence-corrected chi connectivity index (χ3v) is 2.63. The molecular formula is C10H3Br2I. The molecule has 0 nitrogen and oxygen atoms in total. The van der Waals surface area contributed by atoms with Gasteiger partial charge in [0.05, 0.1) is 0 Å². The van der Waals surface area contributed by atoms with E-state index in [1.807, 2.05) is 18.2 Å². The molecule has 0 aliphatic heterocycles. The summed E-state index contributed by atoms with van der Waals surface area (Å²) in [5.74, 6) is 5.86. The van der Waals surface area contributed by atoms with Crippen LogP contribution in [0.2, 0.25) is 0 Å². The van der Waals surface area contributed by atoms with Crippen LogP contribution in [0.25, 0.3) is 0 Å². The maximum atomic E-state index is 3.07. The van der Waals surface area contributed by atoms with E-state index in [0.717, 1.165) is 14.7 Å². The molecule has 0 aromatic heterocycles. The maximum Gasteiger partial charge on any atom is 0.0388 e. The number of hydrogen-bond donors (Lipinski definition) is 0. The number of rotatable bonds is 0. The lowest BCUT2D eigenvalue weighted by molar-refractivity contribution is 1.55. The van der Waals surface area contributed by atoms with E-state index in [9.17, 15) is 0 Å². The first-order chi connectivity index (χ1) is 6.27. The number of benzene rings is 1. The minimum absolute atomic E-state index is 0.987. The van der Waals surface area contributed by atoms with E-state index in [4.69, 9.17) is 0 Å². The van der Waals surface area contributed by atoms with Gasteiger partial charge in [0.2, 0.25) is 0 Å². The molecule has 0 heterocycles. The second kappa shape index (κ2) is 5.70. The highest BCUT2D eigenvalue weighted by atomic mass is 127. The molecule has 1 aromatic rings. The van der Waals surface area contributed by atoms with Crippen molar-refractivity contribution >= 4 is 54.5 Å². The van der Waals surface area contributed by atoms with Crippen molar-refractivity contribution in [2.24, 2.45) is 0 Å². The van der Waals surface area contributed by atoms with Gasteiger partial charge in [-0.15, -0.1) is 0 Å². The van der Waals surface area contributed by atoms with Gasteiger partial charge in [-0.3, -0.25) is 0 Å². The van der Waals surface area contributed by atoms with E-state index in [2.05, 4.69) is 76.0 Å². The van der Waals surface area contributed by atoms with Gasteiger partial charge in [-0.05, 0) is 50.4 Å². The summed E-state index contributed by atoms with van der Waals surface area (Å²) in [5.41, 5.74) is 2.00. The molecule has 1 rings (SSSR count). The summed E-state index contributed by atoms with van der Waals surface area (Å²) < 4.78 is 1.11. The van der Waals surface area contributed by atoms with Gasteiger partial charge >= 0.3 is 0 Å². The fourth-order valence-corrected chi connectivity index (χ4v) is 1.89. The highest BCUT2D eigenvalue weighted by molar-refractivity contribution is 14.1. The normalized spacial score (nSPS) is 7.92. The lowest BCUT2D eigenvalue weighted by Gasteiger charge is -1.96. The van der Waals surface area contributed by atoms with Gasteiger partial charge < -0.3 is 0 Å². The van der Waals surface area contributed by atoms with Crippen molar-refractivity contribution < 1.29 is 0 Å². The van der Waals surface area contributed by atoms with Gasteiger partial charge in [0.15, 0.2) is 0 Å². The summed E-state index contributed by atoms with van der Waals surface area (Å²) in [6.45, 7) is 0. The SMILES string of the molecule is BrC#Cc1ccc(C#CBr)c(I)c1. The molecule has 0 saturated heterocycles. The zero-order valence-corrected chi connectivity index (χ0v) is 11.7. The minimum atomic E-state index is 0.987. The second-order valence-electron chi connectivity index (χ2n) is 2.13. The fourth-order valence-electron chi connectivity index (χ4n) is 0.800. The third kappa shape index (κ3) is 3.34. The molecule has 0 amide bonds. The van der Waals surface area contributed by atoms with Crippen LogP contribution in [-0.2, 0) is 0 Å². The Kier molecular flexibility index (Phi) is 4.87. The predicted molar refractivity (Wildman–Crippen MR) is 70.8 cm³/mol. The van der Waals surface area contributed by atoms with E-state index < -0.39 is 0 Å². The first-order valence-electron chi connectivity index (χ1n) is 3.30. The predicted octanol–water partition coefficient (Wildman–Crippen LogP) is 3.70. The first-order valence-corrected chi connectivity index (χ1v) is 5.97. The van der Waals surface area contributed by atoms with E-state index >= 15 is 0 Å². The zero-order valence-electron chi connectivity index (χ0n) is 6.37. The van der Waals surface area contributed by atoms with Gasteiger partial charge in [-0.2, -0.15) is 0 Å². The smallest absolute Gasteiger partial charge is 0.0388 e. The second-order valence-corrected chi connectivity index (χ2v) is 4.09. The van der Waals surface area contributed by atoms with Gasteiger partial charge in [0.1, 0.15) is 0 Å². The zero-order chi connectivity index (χ0) is 9.68. The van der Waals surface area contributed by atoms with Crippen molar-refractivity contribution in [3.8, 4) is 21.5 Å². The quantitative estimate of drug-likeness (QED) is 0.453. The third-order valence-electron chi connectivity index (χ3n) is 1.34. The van der Waals surface area contributed by atoms with E-state index in [0.29, 0.717) is 0 Å². The monoisotopic (exact) mass is 408 g/mol. The molecule has 3 heteroatoms. The van der Waals surface area contributed by atoms with Crippen LogP contribution in [0.15, 0.2) is 18.2 Å². The standard InChI is InChI=1S/C10H3Br2I/c11-5-3-8-1-2-9(4-6-12)10(13)7-8/h1-2,7H. The molecule has 13 heavy (non-hydrogen) atoms. The summed E-state index contributed by atoms with van der Waals surface area (Å²) >= 11 is 8.37. The molecule has 0 N–H and O–H groups in total. The number of halogens is 3. The Morgan fingerprint density at radius 3 is 2.31 bits per heavy atom. The molecule has 0 aliphatic rings. The lowest BCUT2D eigenvalue weighted by Crippen LogP contribution is -1.83. The summed E-state index contributed by atoms with van der Waals surface area (Å²) in [7, 11) is 0. The van der Waals surface area contributed by atoms with Gasteiger partial charge in [0, 0.05) is 46.6 Å². The van der Waals surface area contributed by atoms with Crippen LogP contribution in [-0.4, -0.2) is 0 Å². The number of hydrogen-bond acceptors (Lipinski definition) is 0. The molecule has 0 radical (unpaired) electrons. The van der Waals surface area contributed by atoms with Crippen molar-refractivity contribution in [1.29, 1.82) is 0 Å². The minimum Gasteiger partial charge on any atom is -0.0545 e. The van der Waals surface area contributed by atoms with Crippen molar-refractivity contribution in [2.75, 3.05) is 0 Å². The van der Waals surface area contributed by atoms with Crippen LogP contribution in [0.3, 0.4) is 0 Å². The molecule has 0 saturated carbocycles. The Balaban J connectivity index is 3.15. The molecule has 1 aromatic carbocycles. The van der Waals surface area contributed by atoms with Crippen molar-refractivity contribution in [1.82, 2.24) is 0 Å². The van der Waals surface area contributed by atoms with Crippen LogP contribution >= 0.6 is 54.5 Å². The Hall–Kier alpha value is 0.0300. The molecule has 0 aliphatic carbocycles. The topological polar surface area (TPSA) is 0 Å². The van der Waals surface area contributed by atoms with E-state index in [1.165, 1.54) is 0 Å². The van der Waals surface area contributed by atoms with Crippen LogP contribution in [0, 0.1) is 25.1 Å². The van der Waals surface area contributed by atoms with Crippen LogP contribution in [0.1, 0.15) is 11.1 Å². The fraction of sp³-hybridized carbons (Fsp3) is 0. The molecule has 0 unspecified atom stereocenters. The van der Waals surface area contributed by atoms with E-state index in [1.54, 1.807) is 0 Å². The molecule has 0 bridgehead atoms. The molecule has 64 valence electrons. The summed E-state index contributed by atoms with van der Waals surface area (Å²) in [6.07, 6.45) is 0. The van der Waals surface area contributed by atoms with Crippen molar-refractivity contribution in [3.05, 3.63) is 32.9 Å². The Labute approximate surface area is 108 Å². The van der Waals surface area contributed by atoms with Crippen molar-refractivity contribution in [2.45, 2.75) is 0 Å². The summed E-state index contributed by atoms with van der Waals surface area (Å²) in [5, 5.41) is 0. The van der Waals surface area contributed by atoms with Gasteiger partial charge in [-0.1, -0.05) is 11.8 Å². The van der Waals surface area contributed by atoms with Crippen LogP contribution < -0.4 is 0 Å². The molecule has 0 spiro atoms. The molecule has 0 fully saturated rings. The van der Waals surface area contributed by atoms with Crippen LogP contribution in [0.5, 0.6) is 0 Å². The summed E-state index contributed by atoms with van der Waals surface area (Å²) in [4.78, 5) is 5.37. The van der Waals surface area contributed by atoms with Gasteiger partial charge in [0.25, 0.3) is 0 Å². The lowest BCUT2D eigenvalue weighted by atomic mass is 10.1. The average molecular weight is 410 g/mol. The molecule has 0 atom stereocenters. The first kappa shape index (κ1) is 11.1. The summed E-state index contributed by atoms with van der Waals surface area (Å²) in [6, 6.07) is 5.91. The van der Waals surface area contributed by atoms with E-state index in [-0.39, 0.29) is 0 Å². The van der Waals surface area contributed by atoms with Gasteiger partial charge in [-0.25, -0.2) is 0 Å². The average Bonchev–Trinajstić information content (AvgIpc) is 2.10. The van der Waals surface area contributed by atoms with Crippen molar-refractivity contribution in [3.63, 3.8) is 0 Å². The molecular weight excluding hydrogens is 407 g/mol. The highest BCUT2D eigenvalue weighted by Crippen LogP contribution is 2.13. The Morgan fingerprint density at radius 1 is 1.08 bits per heavy atom. The Bertz CT molecular complexity index is 430. The Morgan fingerprint density at radius 2 is 1.77 bits per heavy atom.